The Morgan fingerprint density at radius 2 is 2.32 bits per heavy atom. The molecule has 0 aliphatic carbocycles. The number of rotatable bonds is 4. The zero-order chi connectivity index (χ0) is 13.6. The highest BCUT2D eigenvalue weighted by molar-refractivity contribution is 9.10. The third-order valence-corrected chi connectivity index (χ3v) is 4.44. The van der Waals surface area contributed by atoms with Gasteiger partial charge in [0.1, 0.15) is 6.61 Å². The predicted molar refractivity (Wildman–Crippen MR) is 73.8 cm³/mol. The second-order valence-electron chi connectivity index (χ2n) is 4.96. The Hall–Kier alpha value is -0.910. The normalized spacial score (nSPS) is 26.5. The molecule has 2 aliphatic rings. The lowest BCUT2D eigenvalue weighted by Gasteiger charge is -2.30. The van der Waals surface area contributed by atoms with E-state index in [2.05, 4.69) is 22.9 Å². The molecule has 0 aromatic heterocycles. The maximum absolute atomic E-state index is 12.5. The van der Waals surface area contributed by atoms with Crippen molar-refractivity contribution in [2.45, 2.75) is 31.7 Å². The van der Waals surface area contributed by atoms with Crippen molar-refractivity contribution in [1.82, 2.24) is 4.90 Å². The predicted octanol–water partition coefficient (Wildman–Crippen LogP) is 2.56. The van der Waals surface area contributed by atoms with Crippen LogP contribution in [0.4, 0.5) is 0 Å². The van der Waals surface area contributed by atoms with Gasteiger partial charge in [0, 0.05) is 23.7 Å². The van der Waals surface area contributed by atoms with E-state index in [1.807, 2.05) is 23.1 Å². The molecule has 0 spiro atoms. The lowest BCUT2D eigenvalue weighted by Crippen LogP contribution is -2.46. The van der Waals surface area contributed by atoms with Crippen molar-refractivity contribution in [2.75, 3.05) is 13.7 Å². The van der Waals surface area contributed by atoms with Crippen LogP contribution in [-0.2, 0) is 16.0 Å². The van der Waals surface area contributed by atoms with Crippen molar-refractivity contribution in [3.63, 3.8) is 0 Å². The summed E-state index contributed by atoms with van der Waals surface area (Å²) in [6, 6.07) is 5.82. The first kappa shape index (κ1) is 13.1. The van der Waals surface area contributed by atoms with E-state index in [9.17, 15) is 4.79 Å². The highest BCUT2D eigenvalue weighted by atomic mass is 79.9. The minimum Gasteiger partial charge on any atom is -0.349 e. The molecule has 0 N–H and O–H groups in total. The standard InChI is InChI=1S/C14H16BrNO3/c1-3-12(14(18-2)8-19-14)16-7-9-4-5-10(15)6-11(9)13(16)17/h4-6,12H,3,7-8H2,1-2H3. The van der Waals surface area contributed by atoms with Crippen LogP contribution in [0.1, 0.15) is 29.3 Å². The highest BCUT2D eigenvalue weighted by Gasteiger charge is 2.56. The Kier molecular flexibility index (Phi) is 3.15. The van der Waals surface area contributed by atoms with E-state index < -0.39 is 5.79 Å². The van der Waals surface area contributed by atoms with Crippen LogP contribution in [0.15, 0.2) is 22.7 Å². The van der Waals surface area contributed by atoms with Crippen LogP contribution in [0.3, 0.4) is 0 Å². The topological polar surface area (TPSA) is 42.1 Å². The highest BCUT2D eigenvalue weighted by Crippen LogP contribution is 2.39. The fourth-order valence-corrected chi connectivity index (χ4v) is 3.19. The molecule has 3 rings (SSSR count). The minimum atomic E-state index is -0.594. The molecule has 1 amide bonds. The first-order valence-electron chi connectivity index (χ1n) is 6.40. The number of carbonyl (C=O) groups excluding carboxylic acids is 1. The zero-order valence-electron chi connectivity index (χ0n) is 11.0. The van der Waals surface area contributed by atoms with Gasteiger partial charge in [-0.2, -0.15) is 0 Å². The largest absolute Gasteiger partial charge is 0.349 e. The van der Waals surface area contributed by atoms with Gasteiger partial charge >= 0.3 is 0 Å². The smallest absolute Gasteiger partial charge is 0.254 e. The number of halogens is 1. The quantitative estimate of drug-likeness (QED) is 0.799. The summed E-state index contributed by atoms with van der Waals surface area (Å²) in [6.07, 6.45) is 0.814. The minimum absolute atomic E-state index is 0.0313. The van der Waals surface area contributed by atoms with Crippen LogP contribution in [0.25, 0.3) is 0 Å². The molecule has 1 aromatic carbocycles. The molecule has 1 aromatic rings. The van der Waals surface area contributed by atoms with Gasteiger partial charge in [-0.1, -0.05) is 28.9 Å². The second kappa shape index (κ2) is 4.58. The fourth-order valence-electron chi connectivity index (χ4n) is 2.83. The Labute approximate surface area is 120 Å². The van der Waals surface area contributed by atoms with Gasteiger partial charge in [-0.15, -0.1) is 0 Å². The number of hydrogen-bond acceptors (Lipinski definition) is 3. The molecule has 0 radical (unpaired) electrons. The maximum atomic E-state index is 12.5. The molecule has 0 bridgehead atoms. The number of methoxy groups -OCH3 is 1. The average Bonchev–Trinajstić information content (AvgIpc) is 3.14. The van der Waals surface area contributed by atoms with Crippen LogP contribution in [0.2, 0.25) is 0 Å². The van der Waals surface area contributed by atoms with Crippen molar-refractivity contribution in [1.29, 1.82) is 0 Å². The van der Waals surface area contributed by atoms with Crippen molar-refractivity contribution in [2.24, 2.45) is 0 Å². The van der Waals surface area contributed by atoms with Gasteiger partial charge in [-0.3, -0.25) is 4.79 Å². The van der Waals surface area contributed by atoms with Gasteiger partial charge in [0.25, 0.3) is 5.91 Å². The summed E-state index contributed by atoms with van der Waals surface area (Å²) in [4.78, 5) is 14.4. The summed E-state index contributed by atoms with van der Waals surface area (Å²) < 4.78 is 11.8. The molecule has 1 saturated heterocycles. The molecule has 2 unspecified atom stereocenters. The molecule has 2 heterocycles. The van der Waals surface area contributed by atoms with E-state index in [1.54, 1.807) is 7.11 Å². The number of hydrogen-bond donors (Lipinski definition) is 0. The second-order valence-corrected chi connectivity index (χ2v) is 5.88. The number of nitrogens with zero attached hydrogens (tertiary/aromatic N) is 1. The molecule has 2 aliphatic heterocycles. The van der Waals surface area contributed by atoms with Crippen molar-refractivity contribution < 1.29 is 14.3 Å². The Bertz CT molecular complexity index is 527. The molecule has 102 valence electrons. The molecule has 5 heteroatoms. The summed E-state index contributed by atoms with van der Waals surface area (Å²) in [5.41, 5.74) is 1.85. The SMILES string of the molecule is CCC(N1Cc2ccc(Br)cc2C1=O)C1(OC)CO1. The van der Waals surface area contributed by atoms with Crippen LogP contribution >= 0.6 is 15.9 Å². The number of benzene rings is 1. The van der Waals surface area contributed by atoms with Gasteiger partial charge in [0.2, 0.25) is 5.79 Å². The molecule has 2 atom stereocenters. The van der Waals surface area contributed by atoms with Crippen molar-refractivity contribution in [3.8, 4) is 0 Å². The van der Waals surface area contributed by atoms with E-state index in [0.29, 0.717) is 13.2 Å². The van der Waals surface area contributed by atoms with Crippen LogP contribution in [0, 0.1) is 0 Å². The number of fused-ring (bicyclic) bond motifs is 1. The number of epoxide rings is 1. The maximum Gasteiger partial charge on any atom is 0.254 e. The summed E-state index contributed by atoms with van der Waals surface area (Å²) in [7, 11) is 1.64. The summed E-state index contributed by atoms with van der Waals surface area (Å²) in [5.74, 6) is -0.529. The van der Waals surface area contributed by atoms with E-state index in [-0.39, 0.29) is 11.9 Å². The molecule has 0 saturated carbocycles. The molecule has 4 nitrogen and oxygen atoms in total. The third kappa shape index (κ3) is 2.00. The first-order chi connectivity index (χ1) is 9.11. The molecular weight excluding hydrogens is 310 g/mol. The number of carbonyl (C=O) groups is 1. The number of ether oxygens (including phenoxy) is 2. The Balaban J connectivity index is 1.90. The van der Waals surface area contributed by atoms with Gasteiger partial charge < -0.3 is 14.4 Å². The number of amides is 1. The van der Waals surface area contributed by atoms with Gasteiger partial charge in [-0.25, -0.2) is 0 Å². The van der Waals surface area contributed by atoms with E-state index in [0.717, 1.165) is 22.0 Å². The van der Waals surface area contributed by atoms with E-state index in [4.69, 9.17) is 9.47 Å². The third-order valence-electron chi connectivity index (χ3n) is 3.95. The van der Waals surface area contributed by atoms with Crippen molar-refractivity contribution >= 4 is 21.8 Å². The van der Waals surface area contributed by atoms with Crippen LogP contribution in [-0.4, -0.2) is 36.4 Å². The average molecular weight is 326 g/mol. The molecular formula is C14H16BrNO3. The Morgan fingerprint density at radius 1 is 1.58 bits per heavy atom. The van der Waals surface area contributed by atoms with Crippen molar-refractivity contribution in [3.05, 3.63) is 33.8 Å². The van der Waals surface area contributed by atoms with E-state index in [1.165, 1.54) is 0 Å². The monoisotopic (exact) mass is 325 g/mol. The summed E-state index contributed by atoms with van der Waals surface area (Å²) >= 11 is 3.41. The zero-order valence-corrected chi connectivity index (χ0v) is 12.6. The Morgan fingerprint density at radius 3 is 2.89 bits per heavy atom. The molecule has 19 heavy (non-hydrogen) atoms. The van der Waals surface area contributed by atoms with E-state index >= 15 is 0 Å². The van der Waals surface area contributed by atoms with Gasteiger partial charge in [0.15, 0.2) is 0 Å². The lowest BCUT2D eigenvalue weighted by atomic mass is 10.1. The lowest BCUT2D eigenvalue weighted by molar-refractivity contribution is -0.0689. The summed E-state index contributed by atoms with van der Waals surface area (Å²) in [6.45, 7) is 3.25. The van der Waals surface area contributed by atoms with Gasteiger partial charge in [0.05, 0.1) is 6.04 Å². The van der Waals surface area contributed by atoms with Crippen LogP contribution < -0.4 is 0 Å². The van der Waals surface area contributed by atoms with Crippen LogP contribution in [0.5, 0.6) is 0 Å². The molecule has 1 fully saturated rings. The summed E-state index contributed by atoms with van der Waals surface area (Å²) in [5, 5.41) is 0. The first-order valence-corrected chi connectivity index (χ1v) is 7.19. The fraction of sp³-hybridized carbons (Fsp3) is 0.500. The van der Waals surface area contributed by atoms with Gasteiger partial charge in [-0.05, 0) is 24.1 Å².